The second kappa shape index (κ2) is 61.9. The van der Waals surface area contributed by atoms with Gasteiger partial charge in [0.25, 0.3) is 0 Å². The van der Waals surface area contributed by atoms with Crippen molar-refractivity contribution in [1.82, 2.24) is 0 Å². The van der Waals surface area contributed by atoms with E-state index in [1.807, 2.05) is 0 Å². The van der Waals surface area contributed by atoms with Crippen molar-refractivity contribution < 1.29 is 43.0 Å². The van der Waals surface area contributed by atoms with Gasteiger partial charge in [-0.1, -0.05) is 275 Å². The van der Waals surface area contributed by atoms with Crippen LogP contribution in [0.4, 0.5) is 0 Å². The zero-order chi connectivity index (χ0) is 61.6. The summed E-state index contributed by atoms with van der Waals surface area (Å²) < 4.78 is 18.1. The number of allylic oxidation sites excluding steroid dienone is 12. The number of hydrogen-bond donors (Lipinski definition) is 0. The predicted molar refractivity (Wildman–Crippen MR) is 354 cm³/mol. The molecule has 0 spiro atoms. The van der Waals surface area contributed by atoms with Gasteiger partial charge in [0.2, 0.25) is 0 Å². The number of Topliss-reactive ketones (excluding diaryl/α,β-unsaturated/α-hetero) is 3. The zero-order valence-electron chi connectivity index (χ0n) is 55.1. The molecular weight excluding hydrogens is 1040 g/mol. The number of carbonyl (C=O) groups excluding carboxylic acids is 6. The Labute approximate surface area is 516 Å². The molecule has 0 aliphatic carbocycles. The maximum Gasteiger partial charge on any atom is 0.316 e. The summed E-state index contributed by atoms with van der Waals surface area (Å²) in [5.74, 6) is -5.47. The van der Waals surface area contributed by atoms with E-state index in [0.717, 1.165) is 186 Å². The van der Waals surface area contributed by atoms with Crippen molar-refractivity contribution >= 4 is 35.3 Å². The van der Waals surface area contributed by atoms with Gasteiger partial charge in [-0.2, -0.15) is 0 Å². The van der Waals surface area contributed by atoms with Crippen molar-refractivity contribution in [3.8, 4) is 0 Å². The van der Waals surface area contributed by atoms with Gasteiger partial charge in [-0.05, 0) is 109 Å². The van der Waals surface area contributed by atoms with E-state index in [1.54, 1.807) is 0 Å². The van der Waals surface area contributed by atoms with Gasteiger partial charge in [-0.15, -0.1) is 0 Å². The average Bonchev–Trinajstić information content (AvgIpc) is 3.51. The number of hydrogen-bond acceptors (Lipinski definition) is 9. The van der Waals surface area contributed by atoms with E-state index in [4.69, 9.17) is 14.2 Å². The summed E-state index contributed by atoms with van der Waals surface area (Å²) in [5, 5.41) is 0. The van der Waals surface area contributed by atoms with Crippen molar-refractivity contribution in [3.05, 3.63) is 72.9 Å². The molecule has 0 aliphatic rings. The predicted octanol–water partition coefficient (Wildman–Crippen LogP) is 21.6. The molecule has 9 nitrogen and oxygen atoms in total. The number of rotatable bonds is 62. The molecule has 0 aromatic rings. The molecule has 0 saturated carbocycles. The quantitative estimate of drug-likeness (QED) is 0.0192. The highest BCUT2D eigenvalue weighted by atomic mass is 16.6. The first kappa shape index (κ1) is 79.9. The van der Waals surface area contributed by atoms with Gasteiger partial charge in [-0.3, -0.25) is 28.8 Å². The van der Waals surface area contributed by atoms with Crippen molar-refractivity contribution in [2.75, 3.05) is 13.2 Å². The van der Waals surface area contributed by atoms with Gasteiger partial charge in [0.1, 0.15) is 48.3 Å². The van der Waals surface area contributed by atoms with E-state index in [1.165, 1.54) is 19.3 Å². The molecule has 0 rings (SSSR count). The normalized spacial score (nSPS) is 13.5. The molecule has 0 radical (unpaired) electrons. The lowest BCUT2D eigenvalue weighted by atomic mass is 9.92. The molecular formula is C75H128O9. The van der Waals surface area contributed by atoms with Gasteiger partial charge in [-0.25, -0.2) is 0 Å². The van der Waals surface area contributed by atoms with Gasteiger partial charge in [0.05, 0.1) is 0 Å². The van der Waals surface area contributed by atoms with Crippen LogP contribution in [0.25, 0.3) is 0 Å². The van der Waals surface area contributed by atoms with Crippen LogP contribution in [0.2, 0.25) is 0 Å². The Balaban J connectivity index is 6.57. The van der Waals surface area contributed by atoms with Crippen LogP contribution in [0.5, 0.6) is 0 Å². The topological polar surface area (TPSA) is 130 Å². The lowest BCUT2D eigenvalue weighted by Crippen LogP contribution is -2.38. The molecule has 482 valence electrons. The molecule has 0 bridgehead atoms. The first-order valence-electron chi connectivity index (χ1n) is 35.1. The van der Waals surface area contributed by atoms with Crippen LogP contribution < -0.4 is 0 Å². The molecule has 0 saturated heterocycles. The highest BCUT2D eigenvalue weighted by Gasteiger charge is 2.34. The lowest BCUT2D eigenvalue weighted by molar-refractivity contribution is -0.174. The van der Waals surface area contributed by atoms with Crippen LogP contribution in [-0.2, 0) is 43.0 Å². The lowest BCUT2D eigenvalue weighted by Gasteiger charge is -2.23. The minimum atomic E-state index is -1.25. The van der Waals surface area contributed by atoms with E-state index in [0.29, 0.717) is 70.6 Å². The van der Waals surface area contributed by atoms with Gasteiger partial charge < -0.3 is 14.2 Å². The minimum Gasteiger partial charge on any atom is -0.461 e. The summed E-state index contributed by atoms with van der Waals surface area (Å²) in [5.41, 5.74) is 0. The smallest absolute Gasteiger partial charge is 0.316 e. The van der Waals surface area contributed by atoms with Crippen molar-refractivity contribution in [3.63, 3.8) is 0 Å². The molecule has 0 aliphatic heterocycles. The zero-order valence-corrected chi connectivity index (χ0v) is 55.1. The van der Waals surface area contributed by atoms with Gasteiger partial charge >= 0.3 is 17.9 Å². The van der Waals surface area contributed by atoms with Gasteiger partial charge in [0, 0.05) is 19.3 Å². The minimum absolute atomic E-state index is 0.136. The third-order valence-corrected chi connectivity index (χ3v) is 15.8. The Morgan fingerprint density at radius 2 is 0.560 bits per heavy atom. The van der Waals surface area contributed by atoms with Crippen LogP contribution >= 0.6 is 0 Å². The number of carbonyl (C=O) groups is 6. The Hall–Kier alpha value is -4.14. The van der Waals surface area contributed by atoms with Crippen molar-refractivity contribution in [1.29, 1.82) is 0 Å². The van der Waals surface area contributed by atoms with Crippen LogP contribution in [-0.4, -0.2) is 54.6 Å². The van der Waals surface area contributed by atoms with Crippen molar-refractivity contribution in [2.24, 2.45) is 17.8 Å². The summed E-state index contributed by atoms with van der Waals surface area (Å²) in [4.78, 5) is 84.5. The standard InChI is InChI=1S/C75H128O9/c1-7-13-19-25-29-31-33-35-37-39-41-43-45-51-57-63-72(78)69(60-54-50-44-42-40-38-36-34-32-30-26-20-14-8-2)75(81)84-66(64-82-73(79)67(58-52-48-27-21-15-9-3)70(76)61-55-46-23-17-11-5)65-83-74(80)68(59-53-49-28-22-16-10-4)71(77)62-56-47-24-18-12-6/h13,19,29-32,35-38,42,44,66-69H,7-12,14-18,20-28,33-34,39-41,43,45-65H2,1-6H3/b19-13-,31-29-,32-30-,37-35-,38-36-,44-42-. The second-order valence-corrected chi connectivity index (χ2v) is 23.7. The fourth-order valence-corrected chi connectivity index (χ4v) is 10.4. The number of ketones is 3. The summed E-state index contributed by atoms with van der Waals surface area (Å²) >= 11 is 0. The van der Waals surface area contributed by atoms with Crippen LogP contribution in [0.3, 0.4) is 0 Å². The summed E-state index contributed by atoms with van der Waals surface area (Å²) in [7, 11) is 0. The maximum absolute atomic E-state index is 14.5. The molecule has 0 aromatic heterocycles. The monoisotopic (exact) mass is 1170 g/mol. The fourth-order valence-electron chi connectivity index (χ4n) is 10.4. The van der Waals surface area contributed by atoms with E-state index in [2.05, 4.69) is 114 Å². The third-order valence-electron chi connectivity index (χ3n) is 15.8. The van der Waals surface area contributed by atoms with E-state index < -0.39 is 55.0 Å². The van der Waals surface area contributed by atoms with Crippen molar-refractivity contribution in [2.45, 2.75) is 337 Å². The highest BCUT2D eigenvalue weighted by Crippen LogP contribution is 2.23. The highest BCUT2D eigenvalue weighted by molar-refractivity contribution is 6.00. The molecule has 9 heteroatoms. The van der Waals surface area contributed by atoms with Gasteiger partial charge in [0.15, 0.2) is 6.10 Å². The molecule has 0 amide bonds. The second-order valence-electron chi connectivity index (χ2n) is 23.7. The van der Waals surface area contributed by atoms with E-state index in [-0.39, 0.29) is 30.2 Å². The third kappa shape index (κ3) is 49.0. The Morgan fingerprint density at radius 3 is 0.940 bits per heavy atom. The average molecular weight is 1170 g/mol. The molecule has 0 N–H and O–H groups in total. The molecule has 0 aromatic carbocycles. The summed E-state index contributed by atoms with van der Waals surface area (Å²) in [6.45, 7) is 12.1. The molecule has 0 fully saturated rings. The Bertz CT molecular complexity index is 1720. The summed E-state index contributed by atoms with van der Waals surface area (Å²) in [6.07, 6.45) is 65.2. The maximum atomic E-state index is 14.5. The fraction of sp³-hybridized carbons (Fsp3) is 0.760. The van der Waals surface area contributed by atoms with E-state index >= 15 is 0 Å². The Kier molecular flexibility index (Phi) is 58.9. The van der Waals surface area contributed by atoms with Crippen LogP contribution in [0.1, 0.15) is 330 Å². The molecule has 0 heterocycles. The molecule has 3 atom stereocenters. The van der Waals surface area contributed by atoms with Crippen LogP contribution in [0.15, 0.2) is 72.9 Å². The first-order chi connectivity index (χ1) is 41.1. The number of esters is 3. The Morgan fingerprint density at radius 1 is 0.286 bits per heavy atom. The molecule has 3 unspecified atom stereocenters. The first-order valence-corrected chi connectivity index (χ1v) is 35.1. The number of unbranched alkanes of at least 4 members (excludes halogenated alkanes) is 27. The summed E-state index contributed by atoms with van der Waals surface area (Å²) in [6, 6.07) is 0. The van der Waals surface area contributed by atoms with E-state index in [9.17, 15) is 28.8 Å². The molecule has 84 heavy (non-hydrogen) atoms. The largest absolute Gasteiger partial charge is 0.461 e. The van der Waals surface area contributed by atoms with Crippen LogP contribution in [0, 0.1) is 17.8 Å². The number of ether oxygens (including phenoxy) is 3. The SMILES string of the molecule is CC/C=C\C/C=C\C/C=C\CCCCCCCC(=O)C(CCC/C=C\C/C=C\C/C=C\CCCCC)C(=O)OC(COC(=O)C(CCCCCCCC)C(=O)CCCCCCC)COC(=O)C(CCCCCCCC)C(=O)CCCCCCC.